The Morgan fingerprint density at radius 1 is 1.47 bits per heavy atom. The van der Waals surface area contributed by atoms with E-state index >= 15 is 0 Å². The third-order valence-electron chi connectivity index (χ3n) is 2.28. The number of carbonyl (C=O) groups is 1. The summed E-state index contributed by atoms with van der Waals surface area (Å²) in [5, 5.41) is 2.83. The molecule has 1 fully saturated rings. The quantitative estimate of drug-likeness (QED) is 0.620. The van der Waals surface area contributed by atoms with Gasteiger partial charge in [-0.3, -0.25) is 0 Å². The minimum absolute atomic E-state index is 0.230. The Morgan fingerprint density at radius 3 is 2.73 bits per heavy atom. The van der Waals surface area contributed by atoms with Crippen LogP contribution >= 0.6 is 16.1 Å². The molecule has 1 amide bonds. The molecule has 1 aliphatic rings. The van der Waals surface area contributed by atoms with Crippen LogP contribution in [0.4, 0.5) is 4.79 Å². The van der Waals surface area contributed by atoms with E-state index in [0.29, 0.717) is 13.2 Å². The first-order chi connectivity index (χ1) is 7.22. The molecule has 0 bridgehead atoms. The SMILES string of the molecule is COCCOC(=O)NC1CCN(Br)CC1. The zero-order valence-corrected chi connectivity index (χ0v) is 10.5. The summed E-state index contributed by atoms with van der Waals surface area (Å²) in [7, 11) is 1.58. The minimum atomic E-state index is -0.347. The van der Waals surface area contributed by atoms with Crippen LogP contribution in [0.25, 0.3) is 0 Å². The van der Waals surface area contributed by atoms with E-state index in [0.717, 1.165) is 25.9 Å². The molecular formula is C9H17BrN2O3. The van der Waals surface area contributed by atoms with E-state index in [9.17, 15) is 4.79 Å². The normalized spacial score (nSPS) is 18.8. The number of carbonyl (C=O) groups excluding carboxylic acids is 1. The number of methoxy groups -OCH3 is 1. The van der Waals surface area contributed by atoms with Crippen molar-refractivity contribution in [2.45, 2.75) is 18.9 Å². The minimum Gasteiger partial charge on any atom is -0.447 e. The van der Waals surface area contributed by atoms with E-state index in [1.165, 1.54) is 0 Å². The summed E-state index contributed by atoms with van der Waals surface area (Å²) in [6, 6.07) is 0.230. The van der Waals surface area contributed by atoms with E-state index in [1.54, 1.807) is 7.11 Å². The first-order valence-electron chi connectivity index (χ1n) is 5.05. The summed E-state index contributed by atoms with van der Waals surface area (Å²) in [6.45, 7) is 2.64. The van der Waals surface area contributed by atoms with Crippen molar-refractivity contribution in [1.29, 1.82) is 0 Å². The predicted molar refractivity (Wildman–Crippen MR) is 59.9 cm³/mol. The lowest BCUT2D eigenvalue weighted by molar-refractivity contribution is 0.0948. The highest BCUT2D eigenvalue weighted by molar-refractivity contribution is 9.07. The van der Waals surface area contributed by atoms with Crippen LogP contribution in [0.3, 0.4) is 0 Å². The van der Waals surface area contributed by atoms with E-state index in [4.69, 9.17) is 9.47 Å². The summed E-state index contributed by atoms with van der Waals surface area (Å²) in [5.74, 6) is 0. The lowest BCUT2D eigenvalue weighted by Gasteiger charge is -2.27. The summed E-state index contributed by atoms with van der Waals surface area (Å²) < 4.78 is 11.8. The smallest absolute Gasteiger partial charge is 0.407 e. The summed E-state index contributed by atoms with van der Waals surface area (Å²) in [4.78, 5) is 11.3. The molecule has 1 heterocycles. The molecule has 5 nitrogen and oxygen atoms in total. The van der Waals surface area contributed by atoms with Crippen molar-refractivity contribution >= 4 is 22.2 Å². The van der Waals surface area contributed by atoms with Crippen molar-refractivity contribution in [3.8, 4) is 0 Å². The van der Waals surface area contributed by atoms with Crippen LogP contribution < -0.4 is 5.32 Å². The second-order valence-corrected chi connectivity index (χ2v) is 4.46. The van der Waals surface area contributed by atoms with Crippen molar-refractivity contribution in [2.75, 3.05) is 33.4 Å². The van der Waals surface area contributed by atoms with Crippen molar-refractivity contribution in [3.63, 3.8) is 0 Å². The Morgan fingerprint density at radius 2 is 2.13 bits per heavy atom. The van der Waals surface area contributed by atoms with Crippen LogP contribution in [0.1, 0.15) is 12.8 Å². The second-order valence-electron chi connectivity index (χ2n) is 3.46. The number of nitrogens with zero attached hydrogens (tertiary/aromatic N) is 1. The molecule has 1 N–H and O–H groups in total. The van der Waals surface area contributed by atoms with Crippen LogP contribution in [0, 0.1) is 0 Å². The van der Waals surface area contributed by atoms with Crippen LogP contribution in [0.5, 0.6) is 0 Å². The van der Waals surface area contributed by atoms with Crippen molar-refractivity contribution in [1.82, 2.24) is 9.24 Å². The van der Waals surface area contributed by atoms with Gasteiger partial charge in [0.05, 0.1) is 6.61 Å². The number of hydrogen-bond acceptors (Lipinski definition) is 4. The fraction of sp³-hybridized carbons (Fsp3) is 0.889. The Balaban J connectivity index is 2.09. The first kappa shape index (κ1) is 12.7. The number of amides is 1. The Bertz CT molecular complexity index is 196. The summed E-state index contributed by atoms with van der Waals surface area (Å²) in [5.41, 5.74) is 0. The predicted octanol–water partition coefficient (Wildman–Crippen LogP) is 1.13. The molecule has 0 aromatic carbocycles. The maximum Gasteiger partial charge on any atom is 0.407 e. The van der Waals surface area contributed by atoms with Gasteiger partial charge in [0.15, 0.2) is 0 Å². The third kappa shape index (κ3) is 5.34. The molecular weight excluding hydrogens is 264 g/mol. The lowest BCUT2D eigenvalue weighted by atomic mass is 10.1. The fourth-order valence-electron chi connectivity index (χ4n) is 1.42. The maximum atomic E-state index is 11.3. The first-order valence-corrected chi connectivity index (χ1v) is 5.76. The number of rotatable bonds is 4. The molecule has 0 unspecified atom stereocenters. The molecule has 6 heteroatoms. The van der Waals surface area contributed by atoms with E-state index in [-0.39, 0.29) is 12.1 Å². The molecule has 1 saturated heterocycles. The highest BCUT2D eigenvalue weighted by Gasteiger charge is 2.19. The molecule has 0 aromatic heterocycles. The van der Waals surface area contributed by atoms with Gasteiger partial charge in [0.25, 0.3) is 0 Å². The molecule has 0 atom stereocenters. The molecule has 0 saturated carbocycles. The van der Waals surface area contributed by atoms with Crippen LogP contribution in [-0.4, -0.2) is 49.5 Å². The van der Waals surface area contributed by atoms with E-state index in [2.05, 4.69) is 25.4 Å². The van der Waals surface area contributed by atoms with Gasteiger partial charge in [-0.15, -0.1) is 0 Å². The number of alkyl carbamates (subject to hydrolysis) is 1. The van der Waals surface area contributed by atoms with E-state index < -0.39 is 0 Å². The van der Waals surface area contributed by atoms with Crippen LogP contribution in [-0.2, 0) is 9.47 Å². The number of hydrogen-bond donors (Lipinski definition) is 1. The Hall–Kier alpha value is -0.330. The van der Waals surface area contributed by atoms with Crippen molar-refractivity contribution < 1.29 is 14.3 Å². The van der Waals surface area contributed by atoms with Crippen molar-refractivity contribution in [2.24, 2.45) is 0 Å². The highest BCUT2D eigenvalue weighted by Crippen LogP contribution is 2.13. The van der Waals surface area contributed by atoms with Crippen LogP contribution in [0.15, 0.2) is 0 Å². The molecule has 0 spiro atoms. The van der Waals surface area contributed by atoms with E-state index in [1.807, 2.05) is 0 Å². The number of halogens is 1. The van der Waals surface area contributed by atoms with Gasteiger partial charge in [-0.1, -0.05) is 0 Å². The molecule has 15 heavy (non-hydrogen) atoms. The van der Waals surface area contributed by atoms with Gasteiger partial charge in [-0.05, 0) is 12.8 Å². The van der Waals surface area contributed by atoms with Crippen LogP contribution in [0.2, 0.25) is 0 Å². The molecule has 1 rings (SSSR count). The monoisotopic (exact) mass is 280 g/mol. The zero-order chi connectivity index (χ0) is 11.1. The average Bonchev–Trinajstić information content (AvgIpc) is 2.22. The molecule has 0 aromatic rings. The number of nitrogens with one attached hydrogen (secondary N) is 1. The van der Waals surface area contributed by atoms with Gasteiger partial charge in [0.1, 0.15) is 6.61 Å². The summed E-state index contributed by atoms with van der Waals surface area (Å²) >= 11 is 3.41. The highest BCUT2D eigenvalue weighted by atomic mass is 79.9. The largest absolute Gasteiger partial charge is 0.447 e. The van der Waals surface area contributed by atoms with Crippen molar-refractivity contribution in [3.05, 3.63) is 0 Å². The summed E-state index contributed by atoms with van der Waals surface area (Å²) in [6.07, 6.45) is 1.55. The Labute approximate surface area is 98.4 Å². The van der Waals surface area contributed by atoms with Gasteiger partial charge in [0.2, 0.25) is 0 Å². The fourth-order valence-corrected chi connectivity index (χ4v) is 1.83. The van der Waals surface area contributed by atoms with Gasteiger partial charge in [0, 0.05) is 42.4 Å². The van der Waals surface area contributed by atoms with Gasteiger partial charge in [-0.25, -0.2) is 8.72 Å². The zero-order valence-electron chi connectivity index (χ0n) is 8.87. The molecule has 0 aliphatic carbocycles. The Kier molecular flexibility index (Phi) is 5.97. The third-order valence-corrected chi connectivity index (χ3v) is 2.99. The lowest BCUT2D eigenvalue weighted by Crippen LogP contribution is -2.42. The number of piperidine rings is 1. The topological polar surface area (TPSA) is 50.8 Å². The number of ether oxygens (including phenoxy) is 2. The second kappa shape index (κ2) is 7.03. The van der Waals surface area contributed by atoms with Gasteiger partial charge in [-0.2, -0.15) is 0 Å². The molecule has 1 aliphatic heterocycles. The standard InChI is InChI=1S/C9H17BrN2O3/c1-14-6-7-15-9(13)11-8-2-4-12(10)5-3-8/h8H,2-7H2,1H3,(H,11,13). The van der Waals surface area contributed by atoms with Gasteiger partial charge >= 0.3 is 6.09 Å². The van der Waals surface area contributed by atoms with Gasteiger partial charge < -0.3 is 14.8 Å². The maximum absolute atomic E-state index is 11.3. The molecule has 88 valence electrons. The molecule has 0 radical (unpaired) electrons. The average molecular weight is 281 g/mol.